The van der Waals surface area contributed by atoms with Crippen LogP contribution in [0, 0.1) is 0 Å². The minimum Gasteiger partial charge on any atom is -0.465 e. The SMILES string of the molecule is COCCn1c(=O)c2cc(N)ccc2n(Cc2cccc(C(=O)OC)c2)c1=O. The lowest BCUT2D eigenvalue weighted by molar-refractivity contribution is 0.0600. The van der Waals surface area contributed by atoms with Gasteiger partial charge >= 0.3 is 11.7 Å². The Morgan fingerprint density at radius 2 is 1.86 bits per heavy atom. The molecule has 3 rings (SSSR count). The molecule has 2 aromatic carbocycles. The van der Waals surface area contributed by atoms with Crippen LogP contribution in [0.1, 0.15) is 15.9 Å². The van der Waals surface area contributed by atoms with Crippen molar-refractivity contribution >= 4 is 22.6 Å². The largest absolute Gasteiger partial charge is 0.465 e. The van der Waals surface area contributed by atoms with E-state index in [0.29, 0.717) is 22.2 Å². The number of nitrogens with two attached hydrogens (primary N) is 1. The van der Waals surface area contributed by atoms with E-state index in [0.717, 1.165) is 10.1 Å². The van der Waals surface area contributed by atoms with Gasteiger partial charge in [0, 0.05) is 12.8 Å². The summed E-state index contributed by atoms with van der Waals surface area (Å²) in [6.07, 6.45) is 0. The number of hydrogen-bond donors (Lipinski definition) is 1. The van der Waals surface area contributed by atoms with Gasteiger partial charge in [-0.3, -0.25) is 13.9 Å². The number of methoxy groups -OCH3 is 2. The standard InChI is InChI=1S/C20H21N3O5/c1-27-9-8-22-18(24)16-11-15(21)6-7-17(16)23(20(22)26)12-13-4-3-5-14(10-13)19(25)28-2/h3-7,10-11H,8-9,12,21H2,1-2H3. The van der Waals surface area contributed by atoms with Crippen molar-refractivity contribution in [2.75, 3.05) is 26.6 Å². The van der Waals surface area contributed by atoms with Gasteiger partial charge in [-0.15, -0.1) is 0 Å². The highest BCUT2D eigenvalue weighted by atomic mass is 16.5. The summed E-state index contributed by atoms with van der Waals surface area (Å²) in [4.78, 5) is 37.6. The number of rotatable bonds is 6. The number of carbonyl (C=O) groups excluding carboxylic acids is 1. The van der Waals surface area contributed by atoms with Crippen molar-refractivity contribution in [3.8, 4) is 0 Å². The molecule has 0 aliphatic rings. The van der Waals surface area contributed by atoms with E-state index in [4.69, 9.17) is 15.2 Å². The van der Waals surface area contributed by atoms with E-state index in [1.165, 1.54) is 18.8 Å². The first kappa shape index (κ1) is 19.4. The Balaban J connectivity index is 2.18. The summed E-state index contributed by atoms with van der Waals surface area (Å²) in [7, 11) is 2.81. The molecule has 3 aromatic rings. The number of ether oxygens (including phenoxy) is 2. The molecule has 1 heterocycles. The molecule has 0 saturated carbocycles. The van der Waals surface area contributed by atoms with Crippen molar-refractivity contribution in [2.45, 2.75) is 13.1 Å². The van der Waals surface area contributed by atoms with Crippen LogP contribution in [0.5, 0.6) is 0 Å². The number of hydrogen-bond acceptors (Lipinski definition) is 6. The molecule has 28 heavy (non-hydrogen) atoms. The van der Waals surface area contributed by atoms with E-state index in [2.05, 4.69) is 0 Å². The first-order valence-corrected chi connectivity index (χ1v) is 8.65. The lowest BCUT2D eigenvalue weighted by Gasteiger charge is -2.15. The molecule has 0 aliphatic carbocycles. The van der Waals surface area contributed by atoms with Crippen LogP contribution in [-0.4, -0.2) is 35.9 Å². The Kier molecular flexibility index (Phi) is 5.60. The van der Waals surface area contributed by atoms with Gasteiger partial charge in [-0.25, -0.2) is 9.59 Å². The zero-order valence-corrected chi connectivity index (χ0v) is 15.7. The smallest absolute Gasteiger partial charge is 0.337 e. The Morgan fingerprint density at radius 1 is 1.07 bits per heavy atom. The van der Waals surface area contributed by atoms with E-state index < -0.39 is 17.2 Å². The van der Waals surface area contributed by atoms with E-state index in [1.807, 2.05) is 0 Å². The summed E-state index contributed by atoms with van der Waals surface area (Å²) in [5.74, 6) is -0.461. The van der Waals surface area contributed by atoms with Crippen LogP contribution >= 0.6 is 0 Å². The Hall–Kier alpha value is -3.39. The van der Waals surface area contributed by atoms with Crippen molar-refractivity contribution < 1.29 is 14.3 Å². The molecule has 8 nitrogen and oxygen atoms in total. The van der Waals surface area contributed by atoms with Crippen LogP contribution < -0.4 is 17.0 Å². The van der Waals surface area contributed by atoms with Crippen LogP contribution in [0.4, 0.5) is 5.69 Å². The van der Waals surface area contributed by atoms with Crippen LogP contribution in [-0.2, 0) is 22.6 Å². The lowest BCUT2D eigenvalue weighted by Crippen LogP contribution is -2.41. The predicted molar refractivity (Wildman–Crippen MR) is 106 cm³/mol. The molecule has 0 saturated heterocycles. The van der Waals surface area contributed by atoms with Crippen molar-refractivity contribution in [1.29, 1.82) is 0 Å². The zero-order chi connectivity index (χ0) is 20.3. The number of carbonyl (C=O) groups is 1. The molecule has 0 unspecified atom stereocenters. The number of aromatic nitrogens is 2. The van der Waals surface area contributed by atoms with Gasteiger partial charge in [0.05, 0.1) is 43.3 Å². The molecule has 0 fully saturated rings. The molecule has 146 valence electrons. The summed E-state index contributed by atoms with van der Waals surface area (Å²) in [5.41, 5.74) is 6.98. The highest BCUT2D eigenvalue weighted by Gasteiger charge is 2.14. The third-order valence-electron chi connectivity index (χ3n) is 4.46. The Morgan fingerprint density at radius 3 is 2.57 bits per heavy atom. The molecule has 0 spiro atoms. The van der Waals surface area contributed by atoms with Gasteiger partial charge in [0.1, 0.15) is 0 Å². The number of benzene rings is 2. The highest BCUT2D eigenvalue weighted by Crippen LogP contribution is 2.15. The maximum absolute atomic E-state index is 13.0. The van der Waals surface area contributed by atoms with Crippen molar-refractivity contribution in [1.82, 2.24) is 9.13 Å². The van der Waals surface area contributed by atoms with Gasteiger partial charge < -0.3 is 15.2 Å². The fraction of sp³-hybridized carbons (Fsp3) is 0.250. The molecular formula is C20H21N3O5. The Labute approximate surface area is 160 Å². The van der Waals surface area contributed by atoms with Crippen molar-refractivity contribution in [3.05, 3.63) is 74.4 Å². The number of nitrogens with zero attached hydrogens (tertiary/aromatic N) is 2. The summed E-state index contributed by atoms with van der Waals surface area (Å²) in [6.45, 7) is 0.527. The monoisotopic (exact) mass is 383 g/mol. The number of nitrogen functional groups attached to an aromatic ring is 1. The summed E-state index contributed by atoms with van der Waals surface area (Å²) in [6, 6.07) is 11.7. The quantitative estimate of drug-likeness (QED) is 0.507. The topological polar surface area (TPSA) is 106 Å². The molecular weight excluding hydrogens is 362 g/mol. The third-order valence-corrected chi connectivity index (χ3v) is 4.46. The first-order chi connectivity index (χ1) is 13.5. The molecule has 0 atom stereocenters. The highest BCUT2D eigenvalue weighted by molar-refractivity contribution is 5.89. The minimum absolute atomic E-state index is 0.126. The van der Waals surface area contributed by atoms with Crippen molar-refractivity contribution in [2.24, 2.45) is 0 Å². The molecule has 2 N–H and O–H groups in total. The summed E-state index contributed by atoms with van der Waals surface area (Å²) >= 11 is 0. The minimum atomic E-state index is -0.461. The molecule has 8 heteroatoms. The number of esters is 1. The van der Waals surface area contributed by atoms with E-state index >= 15 is 0 Å². The first-order valence-electron chi connectivity index (χ1n) is 8.65. The molecule has 0 amide bonds. The van der Waals surface area contributed by atoms with Crippen LogP contribution in [0.15, 0.2) is 52.1 Å². The van der Waals surface area contributed by atoms with Gasteiger partial charge in [-0.2, -0.15) is 0 Å². The normalized spacial score (nSPS) is 10.9. The lowest BCUT2D eigenvalue weighted by atomic mass is 10.1. The second-order valence-corrected chi connectivity index (χ2v) is 6.29. The maximum Gasteiger partial charge on any atom is 0.337 e. The second kappa shape index (κ2) is 8.10. The van der Waals surface area contributed by atoms with Gasteiger partial charge in [0.2, 0.25) is 0 Å². The average molecular weight is 383 g/mol. The van der Waals surface area contributed by atoms with E-state index in [-0.39, 0.29) is 19.7 Å². The number of fused-ring (bicyclic) bond motifs is 1. The van der Waals surface area contributed by atoms with Gasteiger partial charge in [0.25, 0.3) is 5.56 Å². The molecule has 0 aliphatic heterocycles. The maximum atomic E-state index is 13.0. The van der Waals surface area contributed by atoms with Gasteiger partial charge in [0.15, 0.2) is 0 Å². The molecule has 0 bridgehead atoms. The second-order valence-electron chi connectivity index (χ2n) is 6.29. The van der Waals surface area contributed by atoms with Crippen LogP contribution in [0.2, 0.25) is 0 Å². The predicted octanol–water partition coefficient (Wildman–Crippen LogP) is 1.23. The van der Waals surface area contributed by atoms with Gasteiger partial charge in [-0.1, -0.05) is 12.1 Å². The summed E-state index contributed by atoms with van der Waals surface area (Å²) in [5, 5.41) is 0.347. The fourth-order valence-electron chi connectivity index (χ4n) is 3.07. The van der Waals surface area contributed by atoms with E-state index in [1.54, 1.807) is 42.5 Å². The fourth-order valence-corrected chi connectivity index (χ4v) is 3.07. The summed E-state index contributed by atoms with van der Waals surface area (Å²) < 4.78 is 12.4. The molecule has 0 radical (unpaired) electrons. The van der Waals surface area contributed by atoms with Crippen LogP contribution in [0.25, 0.3) is 10.9 Å². The van der Waals surface area contributed by atoms with Gasteiger partial charge in [-0.05, 0) is 35.9 Å². The van der Waals surface area contributed by atoms with Crippen molar-refractivity contribution in [3.63, 3.8) is 0 Å². The van der Waals surface area contributed by atoms with Crippen LogP contribution in [0.3, 0.4) is 0 Å². The zero-order valence-electron chi connectivity index (χ0n) is 15.7. The Bertz CT molecular complexity index is 1150. The number of anilines is 1. The third kappa shape index (κ3) is 3.67. The van der Waals surface area contributed by atoms with E-state index in [9.17, 15) is 14.4 Å². The molecule has 1 aromatic heterocycles. The average Bonchev–Trinajstić information content (AvgIpc) is 2.71.